The SMILES string of the molecule is Oc1ccccc1Cl.[C]=O.[C]=O.[C]=O.[Cr]. The molecule has 0 fully saturated rings. The Hall–Kier alpha value is -1.15. The van der Waals surface area contributed by atoms with Gasteiger partial charge in [-0.25, -0.2) is 0 Å². The molecule has 0 amide bonds. The first-order valence-electron chi connectivity index (χ1n) is 2.85. The van der Waals surface area contributed by atoms with Gasteiger partial charge >= 0.3 is 0 Å². The quantitative estimate of drug-likeness (QED) is 0.754. The van der Waals surface area contributed by atoms with E-state index in [0.717, 1.165) is 0 Å². The van der Waals surface area contributed by atoms with E-state index in [1.54, 1.807) is 24.3 Å². The first-order chi connectivity index (χ1) is 6.80. The van der Waals surface area contributed by atoms with Crippen molar-refractivity contribution in [3.63, 3.8) is 0 Å². The van der Waals surface area contributed by atoms with Crippen molar-refractivity contribution in [2.75, 3.05) is 0 Å². The van der Waals surface area contributed by atoms with Crippen molar-refractivity contribution in [2.24, 2.45) is 0 Å². The van der Waals surface area contributed by atoms with Crippen molar-refractivity contribution in [3.8, 4) is 5.75 Å². The van der Waals surface area contributed by atoms with Crippen molar-refractivity contribution in [1.29, 1.82) is 0 Å². The largest absolute Gasteiger partial charge is 0.506 e. The number of hydrogen-bond donors (Lipinski definition) is 1. The zero-order chi connectivity index (χ0) is 12.0. The summed E-state index contributed by atoms with van der Waals surface area (Å²) >= 11 is 5.46. The number of carbonyl (C=O) groups excluding carboxylic acids is 3. The van der Waals surface area contributed by atoms with E-state index in [1.165, 1.54) is 0 Å². The predicted octanol–water partition coefficient (Wildman–Crippen LogP) is 0.852. The number of rotatable bonds is 0. The summed E-state index contributed by atoms with van der Waals surface area (Å²) in [6, 6.07) is 6.67. The molecule has 6 heteroatoms. The zero-order valence-corrected chi connectivity index (χ0v) is 9.30. The van der Waals surface area contributed by atoms with Crippen LogP contribution in [0, 0.1) is 0 Å². The normalized spacial score (nSPS) is 5.67. The molecule has 4 nitrogen and oxygen atoms in total. The average molecular weight is 265 g/mol. The molecule has 6 radical (unpaired) electrons. The Balaban J connectivity index is -0.0000000755. The van der Waals surface area contributed by atoms with Crippen LogP contribution >= 0.6 is 11.6 Å². The number of para-hydroxylation sites is 1. The smallest absolute Gasteiger partial charge is 0.281 e. The fourth-order valence-corrected chi connectivity index (χ4v) is 0.587. The van der Waals surface area contributed by atoms with E-state index in [2.05, 4.69) is 20.4 Å². The van der Waals surface area contributed by atoms with Gasteiger partial charge in [0.25, 0.3) is 20.4 Å². The van der Waals surface area contributed by atoms with Crippen LogP contribution in [0.3, 0.4) is 0 Å². The van der Waals surface area contributed by atoms with E-state index >= 15 is 0 Å². The van der Waals surface area contributed by atoms with Crippen molar-refractivity contribution >= 4 is 32.0 Å². The van der Waals surface area contributed by atoms with Gasteiger partial charge in [0.1, 0.15) is 5.75 Å². The van der Waals surface area contributed by atoms with Crippen LogP contribution in [-0.2, 0) is 31.7 Å². The molecule has 0 bridgehead atoms. The van der Waals surface area contributed by atoms with E-state index < -0.39 is 0 Å². The van der Waals surface area contributed by atoms with Gasteiger partial charge in [-0.1, -0.05) is 23.7 Å². The van der Waals surface area contributed by atoms with Gasteiger partial charge in [-0.05, 0) is 12.1 Å². The standard InChI is InChI=1S/C6H5ClO.3CO.Cr/c7-5-3-1-2-4-6(5)8;3*1-2;/h1-4,8H;;;;. The summed E-state index contributed by atoms with van der Waals surface area (Å²) in [5.41, 5.74) is 0. The molecule has 1 aromatic carbocycles. The summed E-state index contributed by atoms with van der Waals surface area (Å²) in [7, 11) is 0. The van der Waals surface area contributed by atoms with Crippen molar-refractivity contribution in [2.45, 2.75) is 0 Å². The third-order valence-electron chi connectivity index (χ3n) is 0.852. The third kappa shape index (κ3) is 15.6. The predicted molar refractivity (Wildman–Crippen MR) is 50.2 cm³/mol. The molecule has 78 valence electrons. The summed E-state index contributed by atoms with van der Waals surface area (Å²) in [5, 5.41) is 9.18. The van der Waals surface area contributed by atoms with Crippen molar-refractivity contribution in [1.82, 2.24) is 0 Å². The molecule has 0 unspecified atom stereocenters. The van der Waals surface area contributed by atoms with Gasteiger partial charge in [-0.15, -0.1) is 0 Å². The van der Waals surface area contributed by atoms with Gasteiger partial charge in [-0.2, -0.15) is 0 Å². The Bertz CT molecular complexity index is 209. The minimum Gasteiger partial charge on any atom is -0.506 e. The minimum absolute atomic E-state index is 0. The summed E-state index contributed by atoms with van der Waals surface area (Å²) in [5.74, 6) is 0.133. The zero-order valence-electron chi connectivity index (χ0n) is 7.27. The van der Waals surface area contributed by atoms with E-state index in [0.29, 0.717) is 5.02 Å². The van der Waals surface area contributed by atoms with Gasteiger partial charge in [0, 0.05) is 17.4 Å². The van der Waals surface area contributed by atoms with Crippen LogP contribution < -0.4 is 0 Å². The van der Waals surface area contributed by atoms with Gasteiger partial charge in [0.05, 0.1) is 5.02 Å². The van der Waals surface area contributed by atoms with Gasteiger partial charge in [-0.3, -0.25) is 14.4 Å². The maximum absolute atomic E-state index is 8.79. The van der Waals surface area contributed by atoms with Crippen LogP contribution in [-0.4, -0.2) is 25.5 Å². The summed E-state index contributed by atoms with van der Waals surface area (Å²) < 4.78 is 0. The Morgan fingerprint density at radius 2 is 1.27 bits per heavy atom. The van der Waals surface area contributed by atoms with Gasteiger partial charge in [0.2, 0.25) is 0 Å². The van der Waals surface area contributed by atoms with Crippen LogP contribution in [0.4, 0.5) is 0 Å². The Morgan fingerprint density at radius 1 is 0.933 bits per heavy atom. The van der Waals surface area contributed by atoms with Crippen molar-refractivity contribution in [3.05, 3.63) is 29.3 Å². The summed E-state index contributed by atoms with van der Waals surface area (Å²) in [4.78, 5) is 22.5. The maximum atomic E-state index is 8.79. The Morgan fingerprint density at radius 3 is 1.47 bits per heavy atom. The molecule has 0 saturated heterocycles. The molecular weight excluding hydrogens is 260 g/mol. The van der Waals surface area contributed by atoms with Crippen molar-refractivity contribution < 1.29 is 36.9 Å². The van der Waals surface area contributed by atoms with Gasteiger partial charge in [0.15, 0.2) is 0 Å². The fourth-order valence-electron chi connectivity index (χ4n) is 0.452. The summed E-state index contributed by atoms with van der Waals surface area (Å²) in [6.07, 6.45) is 0. The summed E-state index contributed by atoms with van der Waals surface area (Å²) in [6.45, 7) is 13.5. The number of benzene rings is 1. The molecule has 15 heavy (non-hydrogen) atoms. The van der Waals surface area contributed by atoms with E-state index in [1.807, 2.05) is 0 Å². The second kappa shape index (κ2) is 23.0. The molecule has 1 rings (SSSR count). The van der Waals surface area contributed by atoms with Gasteiger partial charge < -0.3 is 5.11 Å². The van der Waals surface area contributed by atoms with Crippen LogP contribution in [0.2, 0.25) is 5.02 Å². The van der Waals surface area contributed by atoms with Crippen LogP contribution in [0.15, 0.2) is 24.3 Å². The molecule has 0 aliphatic carbocycles. The topological polar surface area (TPSA) is 71.4 Å². The number of halogens is 1. The molecule has 0 atom stereocenters. The second-order valence-electron chi connectivity index (χ2n) is 1.45. The average Bonchev–Trinajstić information content (AvgIpc) is 2.31. The van der Waals surface area contributed by atoms with Crippen LogP contribution in [0.1, 0.15) is 0 Å². The number of aromatic hydroxyl groups is 1. The van der Waals surface area contributed by atoms with Crippen LogP contribution in [0.5, 0.6) is 5.75 Å². The Kier molecular flexibility index (Phi) is 36.2. The monoisotopic (exact) mass is 264 g/mol. The number of phenols is 1. The Labute approximate surface area is 104 Å². The molecule has 0 aliphatic rings. The van der Waals surface area contributed by atoms with Crippen LogP contribution in [0.25, 0.3) is 0 Å². The van der Waals surface area contributed by atoms with E-state index in [-0.39, 0.29) is 23.1 Å². The first kappa shape index (κ1) is 23.6. The minimum atomic E-state index is 0. The van der Waals surface area contributed by atoms with E-state index in [9.17, 15) is 0 Å². The molecular formula is C9H5ClCrO4. The van der Waals surface area contributed by atoms with E-state index in [4.69, 9.17) is 31.1 Å². The maximum Gasteiger partial charge on any atom is 0.281 e. The fraction of sp³-hybridized carbons (Fsp3) is 0. The molecule has 0 spiro atoms. The molecule has 0 aliphatic heterocycles. The number of hydrogen-bond acceptors (Lipinski definition) is 4. The molecule has 0 aromatic heterocycles. The molecule has 0 heterocycles. The molecule has 0 saturated carbocycles. The molecule has 1 aromatic rings. The first-order valence-corrected chi connectivity index (χ1v) is 3.23. The number of phenolic OH excluding ortho intramolecular Hbond substituents is 1. The third-order valence-corrected chi connectivity index (χ3v) is 1.17. The molecule has 1 N–H and O–H groups in total. The second-order valence-corrected chi connectivity index (χ2v) is 1.86.